The van der Waals surface area contributed by atoms with E-state index >= 15 is 0 Å². The highest BCUT2D eigenvalue weighted by Crippen LogP contribution is 2.43. The maximum absolute atomic E-state index is 14.8. The predicted octanol–water partition coefficient (Wildman–Crippen LogP) is 4.04. The van der Waals surface area contributed by atoms with Gasteiger partial charge in [-0.1, -0.05) is 27.2 Å². The van der Waals surface area contributed by atoms with Crippen molar-refractivity contribution in [2.75, 3.05) is 50.7 Å². The molecule has 1 aromatic rings. The monoisotopic (exact) mass is 620 g/mol. The molecule has 234 valence electrons. The molecule has 0 aliphatic carbocycles. The van der Waals surface area contributed by atoms with E-state index in [0.717, 1.165) is 25.2 Å². The fourth-order valence-corrected chi connectivity index (χ4v) is 6.50. The maximum Gasteiger partial charge on any atom is 0.289 e. The van der Waals surface area contributed by atoms with Crippen LogP contribution in [0.15, 0.2) is 12.3 Å². The number of rotatable bonds is 7. The average Bonchev–Trinajstić information content (AvgIpc) is 3.12. The second-order valence-corrected chi connectivity index (χ2v) is 12.6. The predicted molar refractivity (Wildman–Crippen MR) is 164 cm³/mol. The van der Waals surface area contributed by atoms with E-state index in [1.807, 2.05) is 18.7 Å². The molecular weight excluding hydrogens is 573 g/mol. The number of hydrogen-bond donors (Lipinski definition) is 1. The molecule has 0 unspecified atom stereocenters. The summed E-state index contributed by atoms with van der Waals surface area (Å²) >= 11 is 0. The number of nitrogens with zero attached hydrogens (tertiary/aromatic N) is 5. The van der Waals surface area contributed by atoms with Crippen LogP contribution >= 0.6 is 24.8 Å². The Kier molecular flexibility index (Phi) is 12.0. The number of aromatic nitrogens is 1. The zero-order valence-corrected chi connectivity index (χ0v) is 27.1. The van der Waals surface area contributed by atoms with Crippen LogP contribution in [0.5, 0.6) is 0 Å². The van der Waals surface area contributed by atoms with E-state index in [1.54, 1.807) is 24.9 Å². The Morgan fingerprint density at radius 3 is 2.34 bits per heavy atom. The molecule has 1 aromatic heterocycles. The number of fused-ring (bicyclic) bond motifs is 1. The van der Waals surface area contributed by atoms with E-state index < -0.39 is 5.92 Å². The van der Waals surface area contributed by atoms with Crippen molar-refractivity contribution >= 4 is 42.3 Å². The maximum atomic E-state index is 14.8. The lowest BCUT2D eigenvalue weighted by atomic mass is 9.88. The summed E-state index contributed by atoms with van der Waals surface area (Å²) in [5.74, 6) is -2.99. The van der Waals surface area contributed by atoms with Crippen molar-refractivity contribution in [2.45, 2.75) is 96.8 Å². The average molecular weight is 622 g/mol. The van der Waals surface area contributed by atoms with Crippen molar-refractivity contribution in [3.8, 4) is 0 Å². The van der Waals surface area contributed by atoms with E-state index in [-0.39, 0.29) is 84.9 Å². The van der Waals surface area contributed by atoms with Crippen LogP contribution in [-0.4, -0.2) is 101 Å². The van der Waals surface area contributed by atoms with E-state index in [4.69, 9.17) is 0 Å². The third-order valence-electron chi connectivity index (χ3n) is 8.73. The van der Waals surface area contributed by atoms with Gasteiger partial charge in [-0.25, -0.2) is 0 Å². The molecule has 12 heteroatoms. The van der Waals surface area contributed by atoms with Crippen LogP contribution in [0.25, 0.3) is 0 Å². The molecule has 0 spiro atoms. The van der Waals surface area contributed by atoms with Crippen LogP contribution in [0, 0.1) is 0 Å². The first-order valence-corrected chi connectivity index (χ1v) is 14.4. The Bertz CT molecular complexity index is 1070. The summed E-state index contributed by atoms with van der Waals surface area (Å²) in [6, 6.07) is 2.24. The standard InChI is InChI=1S/C29H46F2N6O2.2ClH/c1-8-9-29(30,31)26-10-25-24(12-33-26)28(6,7)18-37(25)27(39)17-35-13-19(2)32-11-23(35)16-36-20(3)14-34(22(5)38)15-21(36)4;;/h10,12,19-21,23,32H,8-9,11,13-18H2,1-7H3;2*1H/t19-,20-,21+,23-;;/m1../s1. The minimum Gasteiger partial charge on any atom is -0.340 e. The molecule has 0 saturated carbocycles. The van der Waals surface area contributed by atoms with Crippen molar-refractivity contribution in [3.05, 3.63) is 23.5 Å². The van der Waals surface area contributed by atoms with Crippen molar-refractivity contribution < 1.29 is 18.4 Å². The first-order chi connectivity index (χ1) is 18.2. The summed E-state index contributed by atoms with van der Waals surface area (Å²) in [6.07, 6.45) is 1.62. The van der Waals surface area contributed by atoms with Crippen molar-refractivity contribution in [1.29, 1.82) is 0 Å². The van der Waals surface area contributed by atoms with Crippen LogP contribution in [0.4, 0.5) is 14.5 Å². The van der Waals surface area contributed by atoms with Crippen molar-refractivity contribution in [2.24, 2.45) is 0 Å². The van der Waals surface area contributed by atoms with E-state index in [9.17, 15) is 18.4 Å². The first kappa shape index (κ1) is 35.6. The van der Waals surface area contributed by atoms with Gasteiger partial charge in [0.25, 0.3) is 5.92 Å². The Labute approximate surface area is 256 Å². The molecule has 4 heterocycles. The summed E-state index contributed by atoms with van der Waals surface area (Å²) in [6.45, 7) is 18.2. The van der Waals surface area contributed by atoms with Gasteiger partial charge in [0, 0.05) is 94.0 Å². The molecule has 0 bridgehead atoms. The quantitative estimate of drug-likeness (QED) is 0.496. The van der Waals surface area contributed by atoms with Crippen LogP contribution in [-0.2, 0) is 20.9 Å². The number of halogens is 4. The molecule has 3 aliphatic heterocycles. The van der Waals surface area contributed by atoms with Gasteiger partial charge in [-0.2, -0.15) is 8.78 Å². The van der Waals surface area contributed by atoms with Gasteiger partial charge in [0.05, 0.1) is 12.2 Å². The number of amides is 2. The molecule has 4 atom stereocenters. The topological polar surface area (TPSA) is 72.0 Å². The van der Waals surface area contributed by atoms with E-state index in [2.05, 4.69) is 40.9 Å². The van der Waals surface area contributed by atoms with Gasteiger partial charge in [0.1, 0.15) is 5.69 Å². The summed E-state index contributed by atoms with van der Waals surface area (Å²) in [7, 11) is 0. The summed E-state index contributed by atoms with van der Waals surface area (Å²) in [5, 5.41) is 3.57. The molecule has 2 fully saturated rings. The first-order valence-electron chi connectivity index (χ1n) is 14.4. The number of alkyl halides is 2. The Morgan fingerprint density at radius 2 is 1.76 bits per heavy atom. The molecule has 3 aliphatic rings. The second-order valence-electron chi connectivity index (χ2n) is 12.6. The Morgan fingerprint density at radius 1 is 1.12 bits per heavy atom. The van der Waals surface area contributed by atoms with Gasteiger partial charge >= 0.3 is 0 Å². The number of piperazine rings is 2. The highest BCUT2D eigenvalue weighted by atomic mass is 35.5. The number of carbonyl (C=O) groups excluding carboxylic acids is 2. The summed E-state index contributed by atoms with van der Waals surface area (Å²) in [4.78, 5) is 38.2. The molecule has 2 amide bonds. The zero-order chi connectivity index (χ0) is 28.7. The van der Waals surface area contributed by atoms with Crippen LogP contribution < -0.4 is 10.2 Å². The highest BCUT2D eigenvalue weighted by molar-refractivity contribution is 5.97. The molecule has 1 N–H and O–H groups in total. The van der Waals surface area contributed by atoms with Gasteiger partial charge in [-0.05, 0) is 26.8 Å². The van der Waals surface area contributed by atoms with Crippen molar-refractivity contribution in [1.82, 2.24) is 25.0 Å². The summed E-state index contributed by atoms with van der Waals surface area (Å²) in [5.41, 5.74) is 0.768. The van der Waals surface area contributed by atoms with E-state index in [1.165, 1.54) is 6.07 Å². The number of pyridine rings is 1. The molecule has 4 rings (SSSR count). The lowest BCUT2D eigenvalue weighted by Gasteiger charge is -2.48. The smallest absolute Gasteiger partial charge is 0.289 e. The molecule has 41 heavy (non-hydrogen) atoms. The minimum absolute atomic E-state index is 0. The van der Waals surface area contributed by atoms with Crippen LogP contribution in [0.3, 0.4) is 0 Å². The molecular formula is C29H48Cl2F2N6O2. The van der Waals surface area contributed by atoms with Gasteiger partial charge in [0.2, 0.25) is 11.8 Å². The van der Waals surface area contributed by atoms with Gasteiger partial charge < -0.3 is 15.1 Å². The van der Waals surface area contributed by atoms with Crippen molar-refractivity contribution in [3.63, 3.8) is 0 Å². The lowest BCUT2D eigenvalue weighted by Crippen LogP contribution is -2.65. The zero-order valence-electron chi connectivity index (χ0n) is 25.5. The van der Waals surface area contributed by atoms with Crippen LogP contribution in [0.2, 0.25) is 0 Å². The Hall–Kier alpha value is -1.59. The van der Waals surface area contributed by atoms with Gasteiger partial charge in [0.15, 0.2) is 0 Å². The van der Waals surface area contributed by atoms with E-state index in [0.29, 0.717) is 31.7 Å². The second kappa shape index (κ2) is 13.8. The lowest BCUT2D eigenvalue weighted by molar-refractivity contribution is -0.133. The Balaban J connectivity index is 0.00000294. The number of hydrogen-bond acceptors (Lipinski definition) is 6. The fourth-order valence-electron chi connectivity index (χ4n) is 6.50. The number of nitrogens with one attached hydrogen (secondary N) is 1. The van der Waals surface area contributed by atoms with Gasteiger partial charge in [-0.15, -0.1) is 24.8 Å². The fraction of sp³-hybridized carbons (Fsp3) is 0.759. The third-order valence-corrected chi connectivity index (χ3v) is 8.73. The van der Waals surface area contributed by atoms with Crippen LogP contribution in [0.1, 0.15) is 72.6 Å². The minimum atomic E-state index is -3.02. The third kappa shape index (κ3) is 7.68. The number of anilines is 1. The largest absolute Gasteiger partial charge is 0.340 e. The molecule has 0 radical (unpaired) electrons. The molecule has 0 aromatic carbocycles. The summed E-state index contributed by atoms with van der Waals surface area (Å²) < 4.78 is 29.5. The molecule has 8 nitrogen and oxygen atoms in total. The SMILES string of the molecule is CCCC(F)(F)c1cc2c(cn1)C(C)(C)CN2C(=O)CN1C[C@@H](C)NC[C@@H]1CN1[C@H](C)CN(C(C)=O)C[C@@H]1C.Cl.Cl. The number of carbonyl (C=O) groups is 2. The highest BCUT2D eigenvalue weighted by Gasteiger charge is 2.42. The normalized spacial score (nSPS) is 26.7. The molecule has 2 saturated heterocycles. The van der Waals surface area contributed by atoms with Gasteiger partial charge in [-0.3, -0.25) is 24.4 Å².